The van der Waals surface area contributed by atoms with Crippen LogP contribution >= 0.6 is 11.6 Å². The van der Waals surface area contributed by atoms with E-state index in [2.05, 4.69) is 4.90 Å². The molecule has 1 aliphatic heterocycles. The Morgan fingerprint density at radius 3 is 2.95 bits per heavy atom. The number of morpholine rings is 1. The monoisotopic (exact) mass is 310 g/mol. The van der Waals surface area contributed by atoms with Crippen LogP contribution in [0.3, 0.4) is 0 Å². The zero-order valence-corrected chi connectivity index (χ0v) is 12.8. The zero-order valence-electron chi connectivity index (χ0n) is 12.0. The second kappa shape index (κ2) is 6.20. The Kier molecular flexibility index (Phi) is 4.31. The number of aromatic nitrogens is 1. The summed E-state index contributed by atoms with van der Waals surface area (Å²) >= 11 is 6.22. The van der Waals surface area contributed by atoms with Crippen LogP contribution < -0.4 is 4.90 Å². The van der Waals surface area contributed by atoms with Crippen molar-refractivity contribution in [2.45, 2.75) is 19.3 Å². The summed E-state index contributed by atoms with van der Waals surface area (Å²) in [7, 11) is 0. The fourth-order valence-corrected chi connectivity index (χ4v) is 2.89. The third-order valence-electron chi connectivity index (χ3n) is 3.89. The molecule has 1 saturated heterocycles. The standard InChI is InChI=1S/C15H19ClN2O3/c1-2-21-15(19)12-9-11(12)13-7-10(16)8-14(17-13)18-3-5-20-6-4-18/h7-8,11-12H,2-6,9H2,1H3/t11-,12-/m1/s1. The number of esters is 1. The van der Waals surface area contributed by atoms with Gasteiger partial charge in [0.05, 0.1) is 25.7 Å². The van der Waals surface area contributed by atoms with Crippen molar-refractivity contribution in [1.82, 2.24) is 4.98 Å². The zero-order chi connectivity index (χ0) is 14.8. The number of hydrogen-bond acceptors (Lipinski definition) is 5. The van der Waals surface area contributed by atoms with Crippen LogP contribution in [0.2, 0.25) is 5.02 Å². The Balaban J connectivity index is 1.74. The molecule has 6 heteroatoms. The summed E-state index contributed by atoms with van der Waals surface area (Å²) in [6, 6.07) is 3.73. The summed E-state index contributed by atoms with van der Waals surface area (Å²) in [4.78, 5) is 18.6. The van der Waals surface area contributed by atoms with Crippen molar-refractivity contribution in [3.8, 4) is 0 Å². The van der Waals surface area contributed by atoms with E-state index in [0.717, 1.165) is 31.0 Å². The van der Waals surface area contributed by atoms with Gasteiger partial charge in [-0.1, -0.05) is 11.6 Å². The highest BCUT2D eigenvalue weighted by molar-refractivity contribution is 6.30. The molecule has 0 aromatic carbocycles. The second-order valence-corrected chi connectivity index (χ2v) is 5.81. The molecule has 0 spiro atoms. The molecule has 0 unspecified atom stereocenters. The summed E-state index contributed by atoms with van der Waals surface area (Å²) in [5.41, 5.74) is 0.891. The van der Waals surface area contributed by atoms with Gasteiger partial charge < -0.3 is 14.4 Å². The minimum Gasteiger partial charge on any atom is -0.466 e. The SMILES string of the molecule is CCOC(=O)[C@@H]1C[C@H]1c1cc(Cl)cc(N2CCOCC2)n1. The molecule has 1 aromatic heterocycles. The quantitative estimate of drug-likeness (QED) is 0.798. The number of halogens is 1. The Hall–Kier alpha value is -1.33. The molecule has 1 aliphatic carbocycles. The summed E-state index contributed by atoms with van der Waals surface area (Å²) in [5, 5.41) is 0.663. The summed E-state index contributed by atoms with van der Waals surface area (Å²) < 4.78 is 10.4. The normalized spacial score (nSPS) is 24.8. The Morgan fingerprint density at radius 2 is 2.24 bits per heavy atom. The number of nitrogens with zero attached hydrogens (tertiary/aromatic N) is 2. The first-order chi connectivity index (χ1) is 10.2. The van der Waals surface area contributed by atoms with Crippen LogP contribution in [0, 0.1) is 5.92 Å². The molecule has 2 atom stereocenters. The number of carbonyl (C=O) groups excluding carboxylic acids is 1. The number of anilines is 1. The summed E-state index contributed by atoms with van der Waals surface area (Å²) in [6.45, 7) is 5.29. The maximum atomic E-state index is 11.8. The number of pyridine rings is 1. The third-order valence-corrected chi connectivity index (χ3v) is 4.11. The van der Waals surface area contributed by atoms with Gasteiger partial charge in [0, 0.05) is 29.7 Å². The van der Waals surface area contributed by atoms with E-state index >= 15 is 0 Å². The first-order valence-electron chi connectivity index (χ1n) is 7.36. The number of ether oxygens (including phenoxy) is 2. The largest absolute Gasteiger partial charge is 0.466 e. The van der Waals surface area contributed by atoms with Crippen LogP contribution in [0.25, 0.3) is 0 Å². The molecule has 3 rings (SSSR count). The smallest absolute Gasteiger partial charge is 0.309 e. The van der Waals surface area contributed by atoms with Gasteiger partial charge in [-0.15, -0.1) is 0 Å². The second-order valence-electron chi connectivity index (χ2n) is 5.37. The summed E-state index contributed by atoms with van der Waals surface area (Å²) in [6.07, 6.45) is 0.800. The molecule has 0 N–H and O–H groups in total. The van der Waals surface area contributed by atoms with E-state index in [-0.39, 0.29) is 17.8 Å². The predicted molar refractivity (Wildman–Crippen MR) is 79.8 cm³/mol. The lowest BCUT2D eigenvalue weighted by Crippen LogP contribution is -2.36. The van der Waals surface area contributed by atoms with Crippen molar-refractivity contribution < 1.29 is 14.3 Å². The topological polar surface area (TPSA) is 51.7 Å². The van der Waals surface area contributed by atoms with Gasteiger partial charge in [-0.25, -0.2) is 4.98 Å². The molecule has 1 saturated carbocycles. The maximum Gasteiger partial charge on any atom is 0.309 e. The van der Waals surface area contributed by atoms with E-state index in [0.29, 0.717) is 24.8 Å². The van der Waals surface area contributed by atoms with Gasteiger partial charge in [-0.3, -0.25) is 4.79 Å². The third kappa shape index (κ3) is 3.30. The van der Waals surface area contributed by atoms with E-state index < -0.39 is 0 Å². The van der Waals surface area contributed by atoms with Crippen molar-refractivity contribution in [3.05, 3.63) is 22.8 Å². The van der Waals surface area contributed by atoms with Crippen LogP contribution in [0.5, 0.6) is 0 Å². The van der Waals surface area contributed by atoms with Crippen molar-refractivity contribution >= 4 is 23.4 Å². The number of carbonyl (C=O) groups is 1. The fraction of sp³-hybridized carbons (Fsp3) is 0.600. The Labute approximate surface area is 129 Å². The maximum absolute atomic E-state index is 11.8. The molecule has 2 heterocycles. The fourth-order valence-electron chi connectivity index (χ4n) is 2.68. The predicted octanol–water partition coefficient (Wildman–Crippen LogP) is 2.24. The molecular formula is C15H19ClN2O3. The molecule has 0 bridgehead atoms. The molecule has 5 nitrogen and oxygen atoms in total. The molecule has 2 aliphatic rings. The lowest BCUT2D eigenvalue weighted by atomic mass is 10.2. The highest BCUT2D eigenvalue weighted by Crippen LogP contribution is 2.48. The van der Waals surface area contributed by atoms with Gasteiger partial charge >= 0.3 is 5.97 Å². The molecule has 0 amide bonds. The Bertz CT molecular complexity index is 532. The molecule has 0 radical (unpaired) electrons. The van der Waals surface area contributed by atoms with E-state index in [1.807, 2.05) is 19.1 Å². The van der Waals surface area contributed by atoms with Crippen LogP contribution in [0.1, 0.15) is 25.0 Å². The van der Waals surface area contributed by atoms with E-state index in [4.69, 9.17) is 26.1 Å². The lowest BCUT2D eigenvalue weighted by molar-refractivity contribution is -0.144. The van der Waals surface area contributed by atoms with Gasteiger partial charge in [-0.05, 0) is 25.5 Å². The average Bonchev–Trinajstić information content (AvgIpc) is 3.28. The van der Waals surface area contributed by atoms with Crippen LogP contribution in [0.15, 0.2) is 12.1 Å². The van der Waals surface area contributed by atoms with Crippen molar-refractivity contribution in [1.29, 1.82) is 0 Å². The lowest BCUT2D eigenvalue weighted by Gasteiger charge is -2.28. The van der Waals surface area contributed by atoms with E-state index in [1.54, 1.807) is 0 Å². The van der Waals surface area contributed by atoms with Gasteiger partial charge in [0.15, 0.2) is 0 Å². The van der Waals surface area contributed by atoms with Crippen LogP contribution in [-0.2, 0) is 14.3 Å². The minimum atomic E-state index is -0.128. The minimum absolute atomic E-state index is 0.0616. The van der Waals surface area contributed by atoms with Gasteiger partial charge in [0.25, 0.3) is 0 Å². The van der Waals surface area contributed by atoms with Crippen molar-refractivity contribution in [2.75, 3.05) is 37.8 Å². The first-order valence-corrected chi connectivity index (χ1v) is 7.73. The van der Waals surface area contributed by atoms with Gasteiger partial charge in [0.2, 0.25) is 0 Å². The highest BCUT2D eigenvalue weighted by atomic mass is 35.5. The average molecular weight is 311 g/mol. The Morgan fingerprint density at radius 1 is 1.48 bits per heavy atom. The molecule has 114 valence electrons. The van der Waals surface area contributed by atoms with Crippen molar-refractivity contribution in [3.63, 3.8) is 0 Å². The van der Waals surface area contributed by atoms with Crippen molar-refractivity contribution in [2.24, 2.45) is 5.92 Å². The molecule has 1 aromatic rings. The van der Waals surface area contributed by atoms with Crippen LogP contribution in [0.4, 0.5) is 5.82 Å². The van der Waals surface area contributed by atoms with Gasteiger partial charge in [0.1, 0.15) is 5.82 Å². The number of rotatable bonds is 4. The van der Waals surface area contributed by atoms with Gasteiger partial charge in [-0.2, -0.15) is 0 Å². The highest BCUT2D eigenvalue weighted by Gasteiger charge is 2.46. The van der Waals surface area contributed by atoms with Crippen LogP contribution in [-0.4, -0.2) is 43.9 Å². The number of hydrogen-bond donors (Lipinski definition) is 0. The molecule has 2 fully saturated rings. The molecule has 21 heavy (non-hydrogen) atoms. The van der Waals surface area contributed by atoms with E-state index in [1.165, 1.54) is 0 Å². The summed E-state index contributed by atoms with van der Waals surface area (Å²) in [5.74, 6) is 0.823. The molecular weight excluding hydrogens is 292 g/mol. The van der Waals surface area contributed by atoms with E-state index in [9.17, 15) is 4.79 Å². The first kappa shape index (κ1) is 14.6.